The molecule has 0 saturated carbocycles. The molecule has 2 saturated heterocycles. The number of nitrogens with zero attached hydrogens (tertiary/aromatic N) is 4. The SMILES string of the molecule is Cc1noc(C2CN(C(=O)N(C)C)CC23CCOCC3)n1. The third-order valence-corrected chi connectivity index (χ3v) is 4.63. The van der Waals surface area contributed by atoms with Gasteiger partial charge in [0.2, 0.25) is 5.89 Å². The van der Waals surface area contributed by atoms with Crippen LogP contribution in [0.4, 0.5) is 4.79 Å². The smallest absolute Gasteiger partial charge is 0.319 e. The predicted octanol–water partition coefficient (Wildman–Crippen LogP) is 1.26. The molecule has 2 fully saturated rings. The maximum absolute atomic E-state index is 12.3. The predicted molar refractivity (Wildman–Crippen MR) is 74.9 cm³/mol. The van der Waals surface area contributed by atoms with E-state index in [0.717, 1.165) is 32.6 Å². The first-order chi connectivity index (χ1) is 10.0. The highest BCUT2D eigenvalue weighted by Crippen LogP contribution is 2.49. The van der Waals surface area contributed by atoms with Crippen LogP contribution in [-0.4, -0.2) is 66.4 Å². The van der Waals surface area contributed by atoms with Gasteiger partial charge in [-0.05, 0) is 19.8 Å². The number of hydrogen-bond donors (Lipinski definition) is 0. The second-order valence-electron chi connectivity index (χ2n) is 6.26. The largest absolute Gasteiger partial charge is 0.381 e. The molecule has 0 aromatic carbocycles. The molecule has 2 amide bonds. The summed E-state index contributed by atoms with van der Waals surface area (Å²) in [6.45, 7) is 4.65. The Morgan fingerprint density at radius 3 is 2.67 bits per heavy atom. The number of amides is 2. The second-order valence-corrected chi connectivity index (χ2v) is 6.26. The van der Waals surface area contributed by atoms with Gasteiger partial charge < -0.3 is 19.1 Å². The van der Waals surface area contributed by atoms with E-state index in [4.69, 9.17) is 9.26 Å². The van der Waals surface area contributed by atoms with E-state index in [-0.39, 0.29) is 17.4 Å². The van der Waals surface area contributed by atoms with E-state index in [1.165, 1.54) is 0 Å². The first kappa shape index (κ1) is 14.3. The van der Waals surface area contributed by atoms with Crippen molar-refractivity contribution in [2.24, 2.45) is 5.41 Å². The Morgan fingerprint density at radius 1 is 1.38 bits per heavy atom. The number of rotatable bonds is 1. The Labute approximate surface area is 124 Å². The fourth-order valence-corrected chi connectivity index (χ4v) is 3.48. The average Bonchev–Trinajstić information content (AvgIpc) is 3.03. The number of ether oxygens (including phenoxy) is 1. The minimum Gasteiger partial charge on any atom is -0.381 e. The van der Waals surface area contributed by atoms with Crippen LogP contribution in [0.25, 0.3) is 0 Å². The molecule has 1 spiro atoms. The number of urea groups is 1. The van der Waals surface area contributed by atoms with Gasteiger partial charge in [-0.25, -0.2) is 4.79 Å². The number of likely N-dealkylation sites (tertiary alicyclic amines) is 1. The first-order valence-corrected chi connectivity index (χ1v) is 7.36. The molecule has 21 heavy (non-hydrogen) atoms. The fraction of sp³-hybridized carbons (Fsp3) is 0.786. The van der Waals surface area contributed by atoms with Crippen molar-refractivity contribution in [1.82, 2.24) is 19.9 Å². The Kier molecular flexibility index (Phi) is 3.61. The van der Waals surface area contributed by atoms with Crippen LogP contribution in [0.1, 0.15) is 30.5 Å². The zero-order chi connectivity index (χ0) is 15.0. The molecule has 3 heterocycles. The third-order valence-electron chi connectivity index (χ3n) is 4.63. The van der Waals surface area contributed by atoms with Crippen LogP contribution in [-0.2, 0) is 4.74 Å². The highest BCUT2D eigenvalue weighted by Gasteiger charge is 2.51. The fourth-order valence-electron chi connectivity index (χ4n) is 3.48. The van der Waals surface area contributed by atoms with Crippen molar-refractivity contribution >= 4 is 6.03 Å². The molecule has 1 aromatic rings. The summed E-state index contributed by atoms with van der Waals surface area (Å²) in [6, 6.07) is 0.0413. The number of carbonyl (C=O) groups excluding carboxylic acids is 1. The number of hydrogen-bond acceptors (Lipinski definition) is 5. The molecule has 1 aromatic heterocycles. The van der Waals surface area contributed by atoms with Crippen LogP contribution in [0, 0.1) is 12.3 Å². The summed E-state index contributed by atoms with van der Waals surface area (Å²) in [4.78, 5) is 20.2. The summed E-state index contributed by atoms with van der Waals surface area (Å²) in [6.07, 6.45) is 1.85. The summed E-state index contributed by atoms with van der Waals surface area (Å²) >= 11 is 0. The molecule has 116 valence electrons. The molecule has 0 aliphatic carbocycles. The average molecular weight is 294 g/mol. The first-order valence-electron chi connectivity index (χ1n) is 7.36. The summed E-state index contributed by atoms with van der Waals surface area (Å²) in [5.74, 6) is 1.40. The lowest BCUT2D eigenvalue weighted by molar-refractivity contribution is 0.00911. The van der Waals surface area contributed by atoms with Crippen molar-refractivity contribution < 1.29 is 14.1 Å². The summed E-state index contributed by atoms with van der Waals surface area (Å²) in [5, 5.41) is 3.91. The van der Waals surface area contributed by atoms with Crippen LogP contribution >= 0.6 is 0 Å². The van der Waals surface area contributed by atoms with Gasteiger partial charge in [-0.2, -0.15) is 4.98 Å². The zero-order valence-electron chi connectivity index (χ0n) is 12.8. The van der Waals surface area contributed by atoms with E-state index in [1.54, 1.807) is 19.0 Å². The van der Waals surface area contributed by atoms with Crippen LogP contribution in [0.3, 0.4) is 0 Å². The molecule has 7 nitrogen and oxygen atoms in total. The van der Waals surface area contributed by atoms with E-state index in [1.807, 2.05) is 11.8 Å². The Morgan fingerprint density at radius 2 is 2.10 bits per heavy atom. The van der Waals surface area contributed by atoms with E-state index in [0.29, 0.717) is 18.3 Å². The normalized spacial score (nSPS) is 24.5. The van der Waals surface area contributed by atoms with Crippen molar-refractivity contribution in [2.45, 2.75) is 25.7 Å². The van der Waals surface area contributed by atoms with Crippen LogP contribution in [0.15, 0.2) is 4.52 Å². The van der Waals surface area contributed by atoms with E-state index in [2.05, 4.69) is 10.1 Å². The van der Waals surface area contributed by atoms with Crippen LogP contribution in [0.5, 0.6) is 0 Å². The molecule has 1 unspecified atom stereocenters. The summed E-state index contributed by atoms with van der Waals surface area (Å²) < 4.78 is 10.9. The minimum atomic E-state index is 0.00287. The Hall–Kier alpha value is -1.63. The van der Waals surface area contributed by atoms with Crippen molar-refractivity contribution in [3.8, 4) is 0 Å². The van der Waals surface area contributed by atoms with Crippen LogP contribution in [0.2, 0.25) is 0 Å². The summed E-state index contributed by atoms with van der Waals surface area (Å²) in [7, 11) is 3.56. The zero-order valence-corrected chi connectivity index (χ0v) is 12.8. The lowest BCUT2D eigenvalue weighted by Gasteiger charge is -2.36. The van der Waals surface area contributed by atoms with Crippen LogP contribution < -0.4 is 0 Å². The van der Waals surface area contributed by atoms with Gasteiger partial charge in [-0.15, -0.1) is 0 Å². The van der Waals surface area contributed by atoms with Crippen molar-refractivity contribution in [2.75, 3.05) is 40.4 Å². The lowest BCUT2D eigenvalue weighted by atomic mass is 9.72. The van der Waals surface area contributed by atoms with Gasteiger partial charge in [0.25, 0.3) is 0 Å². The minimum absolute atomic E-state index is 0.00287. The lowest BCUT2D eigenvalue weighted by Crippen LogP contribution is -2.40. The van der Waals surface area contributed by atoms with Crippen molar-refractivity contribution in [1.29, 1.82) is 0 Å². The highest BCUT2D eigenvalue weighted by atomic mass is 16.5. The molecule has 7 heteroatoms. The molecule has 0 bridgehead atoms. The van der Waals surface area contributed by atoms with E-state index >= 15 is 0 Å². The molecule has 2 aliphatic rings. The highest BCUT2D eigenvalue weighted by molar-refractivity contribution is 5.74. The monoisotopic (exact) mass is 294 g/mol. The Balaban J connectivity index is 1.89. The summed E-state index contributed by atoms with van der Waals surface area (Å²) in [5.41, 5.74) is 0.00287. The van der Waals surface area contributed by atoms with Gasteiger partial charge in [-0.3, -0.25) is 0 Å². The van der Waals surface area contributed by atoms with Gasteiger partial charge in [-0.1, -0.05) is 5.16 Å². The quantitative estimate of drug-likeness (QED) is 0.779. The van der Waals surface area contributed by atoms with Gasteiger partial charge in [0.1, 0.15) is 0 Å². The molecular weight excluding hydrogens is 272 g/mol. The molecule has 1 atom stereocenters. The second kappa shape index (κ2) is 5.29. The maximum atomic E-state index is 12.3. The van der Waals surface area contributed by atoms with Crippen molar-refractivity contribution in [3.05, 3.63) is 11.7 Å². The number of aryl methyl sites for hydroxylation is 1. The van der Waals surface area contributed by atoms with Crippen molar-refractivity contribution in [3.63, 3.8) is 0 Å². The molecule has 0 N–H and O–H groups in total. The number of aromatic nitrogens is 2. The van der Waals surface area contributed by atoms with Gasteiger partial charge in [0.05, 0.1) is 5.92 Å². The topological polar surface area (TPSA) is 71.7 Å². The number of carbonyl (C=O) groups is 1. The third kappa shape index (κ3) is 2.50. The molecule has 3 rings (SSSR count). The van der Waals surface area contributed by atoms with Gasteiger partial charge in [0.15, 0.2) is 5.82 Å². The van der Waals surface area contributed by atoms with Gasteiger partial charge >= 0.3 is 6.03 Å². The molecule has 0 radical (unpaired) electrons. The molecule has 2 aliphatic heterocycles. The Bertz CT molecular complexity index is 522. The standard InChI is InChI=1S/C14H22N4O3/c1-10-15-12(21-16-10)11-8-18(13(19)17(2)3)9-14(11)4-6-20-7-5-14/h11H,4-9H2,1-3H3. The van der Waals surface area contributed by atoms with Gasteiger partial charge in [0, 0.05) is 45.8 Å². The van der Waals surface area contributed by atoms with E-state index < -0.39 is 0 Å². The molecular formula is C14H22N4O3. The van der Waals surface area contributed by atoms with E-state index in [9.17, 15) is 4.79 Å². The maximum Gasteiger partial charge on any atom is 0.319 e.